The van der Waals surface area contributed by atoms with Gasteiger partial charge in [0.05, 0.1) is 16.0 Å². The van der Waals surface area contributed by atoms with Crippen LogP contribution in [0.15, 0.2) is 85.1 Å². The first-order valence-electron chi connectivity index (χ1n) is 9.81. The first-order valence-corrected chi connectivity index (χ1v) is 9.81. The van der Waals surface area contributed by atoms with E-state index in [1.54, 1.807) is 30.3 Å². The summed E-state index contributed by atoms with van der Waals surface area (Å²) in [7, 11) is 0. The number of hydrogen-bond acceptors (Lipinski definition) is 6. The van der Waals surface area contributed by atoms with Crippen molar-refractivity contribution in [3.05, 3.63) is 106 Å². The molecule has 1 unspecified atom stereocenters. The zero-order chi connectivity index (χ0) is 21.6. The monoisotopic (exact) mass is 415 g/mol. The molecule has 0 saturated carbocycles. The molecule has 156 valence electrons. The Morgan fingerprint density at radius 1 is 0.968 bits per heavy atom. The predicted molar refractivity (Wildman–Crippen MR) is 118 cm³/mol. The summed E-state index contributed by atoms with van der Waals surface area (Å²) in [5, 5.41) is 12.3. The van der Waals surface area contributed by atoms with E-state index in [1.807, 2.05) is 48.5 Å². The number of aromatic nitrogens is 1. The number of hydrogen-bond donors (Lipinski definition) is 1. The molecule has 0 aliphatic heterocycles. The minimum absolute atomic E-state index is 0.0705. The van der Waals surface area contributed by atoms with Gasteiger partial charge in [-0.05, 0) is 29.8 Å². The number of nitrogens with zero attached hydrogens (tertiary/aromatic N) is 2. The van der Waals surface area contributed by atoms with Crippen LogP contribution in [0.2, 0.25) is 0 Å². The Morgan fingerprint density at radius 2 is 1.68 bits per heavy atom. The van der Waals surface area contributed by atoms with E-state index in [0.717, 1.165) is 5.56 Å². The second-order valence-corrected chi connectivity index (χ2v) is 6.92. The summed E-state index contributed by atoms with van der Waals surface area (Å²) in [6.07, 6.45) is 0.541. The Hall–Kier alpha value is -3.97. The summed E-state index contributed by atoms with van der Waals surface area (Å²) in [5.74, 6) is 1.21. The largest absolute Gasteiger partial charge is 0.489 e. The van der Waals surface area contributed by atoms with Gasteiger partial charge in [-0.15, -0.1) is 0 Å². The molecule has 0 aliphatic carbocycles. The predicted octanol–water partition coefficient (Wildman–Crippen LogP) is 4.80. The Labute approximate surface area is 179 Å². The highest BCUT2D eigenvalue weighted by atomic mass is 16.6. The highest BCUT2D eigenvalue weighted by Gasteiger charge is 2.26. The van der Waals surface area contributed by atoms with Gasteiger partial charge in [-0.1, -0.05) is 48.5 Å². The summed E-state index contributed by atoms with van der Waals surface area (Å²) in [4.78, 5) is 15.5. The summed E-state index contributed by atoms with van der Waals surface area (Å²) in [6.45, 7) is 0.482. The molecule has 0 radical (unpaired) electrons. The van der Waals surface area contributed by atoms with Crippen LogP contribution in [-0.2, 0) is 6.61 Å². The maximum atomic E-state index is 11.7. The molecular formula is C24H21N3O4. The van der Waals surface area contributed by atoms with Crippen molar-refractivity contribution in [2.45, 2.75) is 12.7 Å². The number of nitro groups is 1. The van der Waals surface area contributed by atoms with Gasteiger partial charge in [-0.2, -0.15) is 0 Å². The average Bonchev–Trinajstić information content (AvgIpc) is 2.81. The van der Waals surface area contributed by atoms with Crippen molar-refractivity contribution in [2.24, 2.45) is 5.73 Å². The molecule has 0 bridgehead atoms. The molecule has 0 aliphatic rings. The van der Waals surface area contributed by atoms with Crippen LogP contribution in [0.4, 0.5) is 5.69 Å². The smallest absolute Gasteiger partial charge is 0.295 e. The molecule has 1 atom stereocenters. The lowest BCUT2D eigenvalue weighted by Crippen LogP contribution is -2.20. The zero-order valence-corrected chi connectivity index (χ0v) is 16.7. The molecule has 7 heteroatoms. The SMILES string of the molecule is NCC(Oc1ccccc1)c1c([N+](=O)[O-])cnc2cc(OCc3ccccc3)ccc12. The molecule has 1 heterocycles. The lowest BCUT2D eigenvalue weighted by atomic mass is 10.0. The van der Waals surface area contributed by atoms with Crippen LogP contribution in [-0.4, -0.2) is 16.5 Å². The van der Waals surface area contributed by atoms with Crippen LogP contribution in [0.25, 0.3) is 10.9 Å². The first kappa shape index (κ1) is 20.3. The lowest BCUT2D eigenvalue weighted by Gasteiger charge is -2.19. The van der Waals surface area contributed by atoms with Gasteiger partial charge in [0.25, 0.3) is 5.69 Å². The van der Waals surface area contributed by atoms with Crippen LogP contribution in [0, 0.1) is 10.1 Å². The van der Waals surface area contributed by atoms with Crippen molar-refractivity contribution in [3.63, 3.8) is 0 Å². The quantitative estimate of drug-likeness (QED) is 0.328. The first-order chi connectivity index (χ1) is 15.2. The van der Waals surface area contributed by atoms with E-state index >= 15 is 0 Å². The van der Waals surface area contributed by atoms with Crippen LogP contribution >= 0.6 is 0 Å². The van der Waals surface area contributed by atoms with Crippen LogP contribution < -0.4 is 15.2 Å². The third-order valence-electron chi connectivity index (χ3n) is 4.86. The van der Waals surface area contributed by atoms with Crippen molar-refractivity contribution < 1.29 is 14.4 Å². The number of para-hydroxylation sites is 1. The fourth-order valence-electron chi connectivity index (χ4n) is 3.39. The Kier molecular flexibility index (Phi) is 6.05. The average molecular weight is 415 g/mol. The van der Waals surface area contributed by atoms with Crippen LogP contribution in [0.3, 0.4) is 0 Å². The van der Waals surface area contributed by atoms with E-state index < -0.39 is 11.0 Å². The minimum Gasteiger partial charge on any atom is -0.489 e. The maximum absolute atomic E-state index is 11.7. The number of rotatable bonds is 8. The minimum atomic E-state index is -0.704. The van der Waals surface area contributed by atoms with Crippen LogP contribution in [0.1, 0.15) is 17.2 Å². The summed E-state index contributed by atoms with van der Waals surface area (Å²) in [5.41, 5.74) is 7.84. The fourth-order valence-corrected chi connectivity index (χ4v) is 3.39. The summed E-state index contributed by atoms with van der Waals surface area (Å²) < 4.78 is 11.9. The standard InChI is InChI=1S/C24H21N3O4/c25-14-23(31-18-9-5-2-6-10-18)24-20-12-11-19(30-16-17-7-3-1-4-8-17)13-21(20)26-15-22(24)27(28)29/h1-13,15,23H,14,16,25H2. The molecule has 7 nitrogen and oxygen atoms in total. The highest BCUT2D eigenvalue weighted by molar-refractivity contribution is 5.86. The Morgan fingerprint density at radius 3 is 2.35 bits per heavy atom. The Bertz CT molecular complexity index is 1180. The maximum Gasteiger partial charge on any atom is 0.295 e. The van der Waals surface area contributed by atoms with Gasteiger partial charge < -0.3 is 15.2 Å². The summed E-state index contributed by atoms with van der Waals surface area (Å²) >= 11 is 0. The third-order valence-corrected chi connectivity index (χ3v) is 4.86. The molecule has 0 amide bonds. The van der Waals surface area contributed by atoms with Gasteiger partial charge >= 0.3 is 0 Å². The van der Waals surface area contributed by atoms with Crippen molar-refractivity contribution in [1.29, 1.82) is 0 Å². The topological polar surface area (TPSA) is 101 Å². The molecule has 0 spiro atoms. The van der Waals surface area contributed by atoms with Gasteiger partial charge in [0, 0.05) is 18.0 Å². The van der Waals surface area contributed by atoms with E-state index in [-0.39, 0.29) is 12.2 Å². The number of fused-ring (bicyclic) bond motifs is 1. The molecule has 31 heavy (non-hydrogen) atoms. The molecule has 4 aromatic rings. The Balaban J connectivity index is 1.70. The number of ether oxygens (including phenoxy) is 2. The fraction of sp³-hybridized carbons (Fsp3) is 0.125. The number of nitrogens with two attached hydrogens (primary N) is 1. The summed E-state index contributed by atoms with van der Waals surface area (Å²) in [6, 6.07) is 24.2. The van der Waals surface area contributed by atoms with Crippen molar-refractivity contribution >= 4 is 16.6 Å². The number of benzene rings is 3. The van der Waals surface area contributed by atoms with E-state index in [0.29, 0.717) is 34.6 Å². The zero-order valence-electron chi connectivity index (χ0n) is 16.7. The van der Waals surface area contributed by atoms with Crippen molar-refractivity contribution in [1.82, 2.24) is 4.98 Å². The van der Waals surface area contributed by atoms with Gasteiger partial charge in [-0.3, -0.25) is 10.1 Å². The van der Waals surface area contributed by atoms with E-state index in [4.69, 9.17) is 15.2 Å². The molecule has 1 aromatic heterocycles. The normalized spacial score (nSPS) is 11.8. The van der Waals surface area contributed by atoms with E-state index in [1.165, 1.54) is 6.20 Å². The highest BCUT2D eigenvalue weighted by Crippen LogP contribution is 2.35. The van der Waals surface area contributed by atoms with Crippen molar-refractivity contribution in [3.8, 4) is 11.5 Å². The molecule has 4 rings (SSSR count). The molecular weight excluding hydrogens is 394 g/mol. The van der Waals surface area contributed by atoms with Crippen LogP contribution in [0.5, 0.6) is 11.5 Å². The van der Waals surface area contributed by atoms with E-state index in [9.17, 15) is 10.1 Å². The van der Waals surface area contributed by atoms with E-state index in [2.05, 4.69) is 4.98 Å². The van der Waals surface area contributed by atoms with Gasteiger partial charge in [0.2, 0.25) is 0 Å². The van der Waals surface area contributed by atoms with Gasteiger partial charge in [-0.25, -0.2) is 4.98 Å². The lowest BCUT2D eigenvalue weighted by molar-refractivity contribution is -0.386. The second kappa shape index (κ2) is 9.23. The molecule has 2 N–H and O–H groups in total. The molecule has 0 fully saturated rings. The van der Waals surface area contributed by atoms with Gasteiger partial charge in [0.1, 0.15) is 30.4 Å². The third kappa shape index (κ3) is 4.62. The number of pyridine rings is 1. The molecule has 0 saturated heterocycles. The second-order valence-electron chi connectivity index (χ2n) is 6.92. The molecule has 3 aromatic carbocycles. The van der Waals surface area contributed by atoms with Crippen molar-refractivity contribution in [2.75, 3.05) is 6.54 Å². The van der Waals surface area contributed by atoms with Gasteiger partial charge in [0.15, 0.2) is 0 Å².